The Balaban J connectivity index is 1.70. The maximum absolute atomic E-state index is 6.02. The van der Waals surface area contributed by atoms with E-state index in [1.165, 1.54) is 25.7 Å². The van der Waals surface area contributed by atoms with Crippen molar-refractivity contribution in [2.24, 2.45) is 0 Å². The lowest BCUT2D eigenvalue weighted by atomic mass is 10.2. The molecule has 7 heteroatoms. The summed E-state index contributed by atoms with van der Waals surface area (Å²) in [5.74, 6) is 0.585. The summed E-state index contributed by atoms with van der Waals surface area (Å²) in [7, 11) is 0. The molecule has 2 fully saturated rings. The van der Waals surface area contributed by atoms with Crippen molar-refractivity contribution in [2.45, 2.75) is 44.6 Å². The van der Waals surface area contributed by atoms with Crippen LogP contribution in [0, 0.1) is 0 Å². The number of hydrogen-bond donors (Lipinski definition) is 0. The fourth-order valence-electron chi connectivity index (χ4n) is 2.79. The van der Waals surface area contributed by atoms with Crippen molar-refractivity contribution in [2.75, 3.05) is 31.2 Å². The van der Waals surface area contributed by atoms with Gasteiger partial charge in [-0.3, -0.25) is 0 Å². The predicted molar refractivity (Wildman–Crippen MR) is 80.0 cm³/mol. The van der Waals surface area contributed by atoms with Crippen molar-refractivity contribution in [3.63, 3.8) is 0 Å². The van der Waals surface area contributed by atoms with Crippen LogP contribution in [0.5, 0.6) is 6.01 Å². The Morgan fingerprint density at radius 3 is 2.43 bits per heavy atom. The Labute approximate surface area is 129 Å². The van der Waals surface area contributed by atoms with E-state index in [2.05, 4.69) is 19.9 Å². The molecule has 1 aromatic heterocycles. The molecule has 1 aliphatic carbocycles. The summed E-state index contributed by atoms with van der Waals surface area (Å²) in [4.78, 5) is 14.8. The Morgan fingerprint density at radius 1 is 1.00 bits per heavy atom. The molecule has 21 heavy (non-hydrogen) atoms. The van der Waals surface area contributed by atoms with Gasteiger partial charge >= 0.3 is 6.01 Å². The van der Waals surface area contributed by atoms with Crippen LogP contribution in [0.1, 0.15) is 38.5 Å². The van der Waals surface area contributed by atoms with E-state index in [1.807, 2.05) is 0 Å². The second-order valence-electron chi connectivity index (χ2n) is 5.52. The van der Waals surface area contributed by atoms with Gasteiger partial charge in [0, 0.05) is 13.1 Å². The Kier molecular flexibility index (Phi) is 5.08. The minimum Gasteiger partial charge on any atom is -0.460 e. The van der Waals surface area contributed by atoms with Crippen LogP contribution in [0.2, 0.25) is 5.28 Å². The fraction of sp³-hybridized carbons (Fsp3) is 0.786. The highest BCUT2D eigenvalue weighted by Crippen LogP contribution is 2.23. The molecule has 3 rings (SSSR count). The number of anilines is 1. The lowest BCUT2D eigenvalue weighted by Crippen LogP contribution is -2.37. The van der Waals surface area contributed by atoms with E-state index >= 15 is 0 Å². The topological polar surface area (TPSA) is 60.4 Å². The molecule has 0 aromatic carbocycles. The number of aromatic nitrogens is 3. The Bertz CT molecular complexity index is 460. The molecule has 116 valence electrons. The van der Waals surface area contributed by atoms with Crippen LogP contribution in [-0.2, 0) is 4.74 Å². The van der Waals surface area contributed by atoms with Gasteiger partial charge in [0.2, 0.25) is 11.2 Å². The maximum atomic E-state index is 6.02. The van der Waals surface area contributed by atoms with Crippen molar-refractivity contribution < 1.29 is 9.47 Å². The Hall–Kier alpha value is -1.14. The largest absolute Gasteiger partial charge is 0.460 e. The van der Waals surface area contributed by atoms with Gasteiger partial charge in [-0.05, 0) is 37.3 Å². The highest BCUT2D eigenvalue weighted by atomic mass is 35.5. The first kappa shape index (κ1) is 14.8. The van der Waals surface area contributed by atoms with Crippen LogP contribution in [0.15, 0.2) is 0 Å². The van der Waals surface area contributed by atoms with Gasteiger partial charge in [-0.15, -0.1) is 0 Å². The molecule has 6 nitrogen and oxygen atoms in total. The number of hydrogen-bond acceptors (Lipinski definition) is 6. The molecule has 1 saturated carbocycles. The lowest BCUT2D eigenvalue weighted by Gasteiger charge is -2.27. The summed E-state index contributed by atoms with van der Waals surface area (Å²) in [6.07, 6.45) is 7.32. The average molecular weight is 313 g/mol. The van der Waals surface area contributed by atoms with E-state index in [4.69, 9.17) is 21.1 Å². The van der Waals surface area contributed by atoms with Crippen LogP contribution in [-0.4, -0.2) is 47.4 Å². The zero-order chi connectivity index (χ0) is 14.5. The molecule has 1 aliphatic heterocycles. The third-order valence-electron chi connectivity index (χ3n) is 3.94. The minimum absolute atomic E-state index is 0.190. The van der Waals surface area contributed by atoms with E-state index < -0.39 is 0 Å². The molecular weight excluding hydrogens is 292 g/mol. The molecule has 0 unspecified atom stereocenters. The summed E-state index contributed by atoms with van der Waals surface area (Å²) in [6, 6.07) is 0.350. The first-order valence-corrected chi connectivity index (χ1v) is 8.10. The number of rotatable bonds is 3. The van der Waals surface area contributed by atoms with Gasteiger partial charge in [-0.2, -0.15) is 15.0 Å². The molecule has 0 spiro atoms. The molecule has 0 N–H and O–H groups in total. The van der Waals surface area contributed by atoms with Crippen LogP contribution < -0.4 is 9.64 Å². The number of ether oxygens (including phenoxy) is 2. The van der Waals surface area contributed by atoms with Gasteiger partial charge in [0.15, 0.2) is 0 Å². The van der Waals surface area contributed by atoms with Crippen molar-refractivity contribution >= 4 is 17.5 Å². The van der Waals surface area contributed by atoms with Crippen molar-refractivity contribution in [1.82, 2.24) is 15.0 Å². The second kappa shape index (κ2) is 7.22. The molecule has 1 aromatic rings. The van der Waals surface area contributed by atoms with Gasteiger partial charge < -0.3 is 14.4 Å². The van der Waals surface area contributed by atoms with Gasteiger partial charge in [-0.1, -0.05) is 12.8 Å². The zero-order valence-corrected chi connectivity index (χ0v) is 12.9. The fourth-order valence-corrected chi connectivity index (χ4v) is 2.94. The van der Waals surface area contributed by atoms with Gasteiger partial charge in [0.25, 0.3) is 0 Å². The number of halogens is 1. The third-order valence-corrected chi connectivity index (χ3v) is 4.11. The zero-order valence-electron chi connectivity index (χ0n) is 12.1. The van der Waals surface area contributed by atoms with E-state index in [-0.39, 0.29) is 11.4 Å². The van der Waals surface area contributed by atoms with Crippen molar-refractivity contribution in [3.05, 3.63) is 5.28 Å². The van der Waals surface area contributed by atoms with Gasteiger partial charge in [0.05, 0.1) is 13.2 Å². The highest BCUT2D eigenvalue weighted by molar-refractivity contribution is 6.28. The molecule has 2 aliphatic rings. The van der Waals surface area contributed by atoms with E-state index in [1.54, 1.807) is 0 Å². The first-order chi connectivity index (χ1) is 10.3. The summed E-state index contributed by atoms with van der Waals surface area (Å²) >= 11 is 6.02. The smallest absolute Gasteiger partial charge is 0.322 e. The van der Waals surface area contributed by atoms with Gasteiger partial charge in [-0.25, -0.2) is 0 Å². The predicted octanol–water partition coefficient (Wildman–Crippen LogP) is 2.46. The van der Waals surface area contributed by atoms with E-state index in [9.17, 15) is 0 Å². The summed E-state index contributed by atoms with van der Waals surface area (Å²) < 4.78 is 11.3. The number of morpholine rings is 1. The summed E-state index contributed by atoms with van der Waals surface area (Å²) in [6.45, 7) is 2.90. The summed E-state index contributed by atoms with van der Waals surface area (Å²) in [5, 5.41) is 0.190. The number of nitrogens with zero attached hydrogens (tertiary/aromatic N) is 4. The molecule has 0 radical (unpaired) electrons. The van der Waals surface area contributed by atoms with Crippen molar-refractivity contribution in [3.8, 4) is 6.01 Å². The van der Waals surface area contributed by atoms with E-state index in [0.717, 1.165) is 25.9 Å². The van der Waals surface area contributed by atoms with Gasteiger partial charge in [0.1, 0.15) is 6.10 Å². The molecular formula is C14H21ClN4O2. The SMILES string of the molecule is Clc1nc(OC2CCCCCC2)nc(N2CCOCC2)n1. The molecule has 0 atom stereocenters. The summed E-state index contributed by atoms with van der Waals surface area (Å²) in [5.41, 5.74) is 0. The average Bonchev–Trinajstić information content (AvgIpc) is 2.76. The standard InChI is InChI=1S/C14H21ClN4O2/c15-12-16-13(19-7-9-20-10-8-19)18-14(17-12)21-11-5-3-1-2-4-6-11/h11H,1-10H2. The van der Waals surface area contributed by atoms with Crippen LogP contribution in [0.3, 0.4) is 0 Å². The Morgan fingerprint density at radius 2 is 1.71 bits per heavy atom. The van der Waals surface area contributed by atoms with E-state index in [0.29, 0.717) is 25.2 Å². The monoisotopic (exact) mass is 312 g/mol. The highest BCUT2D eigenvalue weighted by Gasteiger charge is 2.19. The van der Waals surface area contributed by atoms with Crippen LogP contribution >= 0.6 is 11.6 Å². The third kappa shape index (κ3) is 4.17. The van der Waals surface area contributed by atoms with Crippen LogP contribution in [0.4, 0.5) is 5.95 Å². The quantitative estimate of drug-likeness (QED) is 0.799. The lowest BCUT2D eigenvalue weighted by molar-refractivity contribution is 0.121. The van der Waals surface area contributed by atoms with Crippen molar-refractivity contribution in [1.29, 1.82) is 0 Å². The molecule has 0 amide bonds. The second-order valence-corrected chi connectivity index (χ2v) is 5.86. The first-order valence-electron chi connectivity index (χ1n) is 7.72. The molecule has 1 saturated heterocycles. The maximum Gasteiger partial charge on any atom is 0.322 e. The van der Waals surface area contributed by atoms with Crippen LogP contribution in [0.25, 0.3) is 0 Å². The minimum atomic E-state index is 0.190. The molecule has 2 heterocycles. The normalized spacial score (nSPS) is 21.1. The molecule has 0 bridgehead atoms.